The van der Waals surface area contributed by atoms with Crippen LogP contribution in [0.5, 0.6) is 0 Å². The monoisotopic (exact) mass is 291 g/mol. The van der Waals surface area contributed by atoms with Crippen LogP contribution in [0.3, 0.4) is 0 Å². The fraction of sp³-hybridized carbons (Fsp3) is 0.944. The quantitative estimate of drug-likeness (QED) is 0.843. The van der Waals surface area contributed by atoms with E-state index in [9.17, 15) is 5.26 Å². The second-order valence-corrected chi connectivity index (χ2v) is 8.57. The van der Waals surface area contributed by atoms with Gasteiger partial charge in [0.15, 0.2) is 0 Å². The van der Waals surface area contributed by atoms with Crippen LogP contribution in [-0.2, 0) is 0 Å². The zero-order valence-electron chi connectivity index (χ0n) is 14.6. The maximum absolute atomic E-state index is 9.81. The third-order valence-corrected chi connectivity index (χ3v) is 5.31. The van der Waals surface area contributed by atoms with Crippen molar-refractivity contribution >= 4 is 0 Å². The van der Waals surface area contributed by atoms with Gasteiger partial charge in [-0.2, -0.15) is 5.26 Å². The molecule has 2 rings (SSSR count). The second kappa shape index (κ2) is 6.26. The van der Waals surface area contributed by atoms with Gasteiger partial charge in [0.2, 0.25) is 0 Å². The van der Waals surface area contributed by atoms with E-state index in [4.69, 9.17) is 0 Å². The van der Waals surface area contributed by atoms with E-state index in [-0.39, 0.29) is 5.54 Å². The van der Waals surface area contributed by atoms with Crippen molar-refractivity contribution in [2.24, 2.45) is 17.3 Å². The Hall–Kier alpha value is -0.590. The molecule has 0 radical (unpaired) electrons. The molecule has 1 heterocycles. The Morgan fingerprint density at radius 3 is 2.05 bits per heavy atom. The SMILES string of the molecule is CC(C)NC(C#N)(CN1CCC(C(C)(C)C)CC1)C1CC1. The Morgan fingerprint density at radius 2 is 1.67 bits per heavy atom. The summed E-state index contributed by atoms with van der Waals surface area (Å²) in [6.45, 7) is 14.6. The third kappa shape index (κ3) is 4.20. The molecule has 2 fully saturated rings. The molecule has 21 heavy (non-hydrogen) atoms. The summed E-state index contributed by atoms with van der Waals surface area (Å²) in [7, 11) is 0. The number of hydrogen-bond donors (Lipinski definition) is 1. The Balaban J connectivity index is 1.95. The van der Waals surface area contributed by atoms with E-state index in [0.717, 1.165) is 25.6 Å². The van der Waals surface area contributed by atoms with Gasteiger partial charge in [0.05, 0.1) is 6.07 Å². The van der Waals surface area contributed by atoms with Crippen molar-refractivity contribution in [2.75, 3.05) is 19.6 Å². The minimum atomic E-state index is -0.317. The summed E-state index contributed by atoms with van der Waals surface area (Å²) in [5, 5.41) is 13.4. The summed E-state index contributed by atoms with van der Waals surface area (Å²) in [6.07, 6.45) is 4.98. The van der Waals surface area contributed by atoms with Gasteiger partial charge in [-0.1, -0.05) is 20.8 Å². The van der Waals surface area contributed by atoms with Crippen LogP contribution >= 0.6 is 0 Å². The number of rotatable bonds is 5. The standard InChI is InChI=1S/C18H33N3/c1-14(2)20-18(12-19,16-6-7-16)13-21-10-8-15(9-11-21)17(3,4)5/h14-16,20H,6-11,13H2,1-5H3. The molecule has 120 valence electrons. The summed E-state index contributed by atoms with van der Waals surface area (Å²) < 4.78 is 0. The number of likely N-dealkylation sites (tertiary alicyclic amines) is 1. The molecule has 1 saturated heterocycles. The smallest absolute Gasteiger partial charge is 0.122 e. The first-order valence-electron chi connectivity index (χ1n) is 8.68. The molecule has 1 N–H and O–H groups in total. The summed E-state index contributed by atoms with van der Waals surface area (Å²) in [5.41, 5.74) is 0.105. The molecule has 1 atom stereocenters. The molecule has 0 amide bonds. The van der Waals surface area contributed by atoms with Crippen molar-refractivity contribution in [1.82, 2.24) is 10.2 Å². The van der Waals surface area contributed by atoms with E-state index < -0.39 is 0 Å². The van der Waals surface area contributed by atoms with Crippen molar-refractivity contribution in [3.05, 3.63) is 0 Å². The molecule has 3 heteroatoms. The molecule has 0 spiro atoms. The minimum absolute atomic E-state index is 0.317. The Kier molecular flexibility index (Phi) is 5.00. The van der Waals surface area contributed by atoms with Crippen molar-refractivity contribution in [3.8, 4) is 6.07 Å². The lowest BCUT2D eigenvalue weighted by molar-refractivity contribution is 0.0912. The largest absolute Gasteiger partial charge is 0.300 e. The fourth-order valence-electron chi connectivity index (χ4n) is 3.85. The van der Waals surface area contributed by atoms with Gasteiger partial charge < -0.3 is 4.90 Å². The van der Waals surface area contributed by atoms with Crippen LogP contribution in [0.4, 0.5) is 0 Å². The minimum Gasteiger partial charge on any atom is -0.300 e. The number of nitriles is 1. The van der Waals surface area contributed by atoms with Gasteiger partial charge in [-0.3, -0.25) is 5.32 Å². The molecule has 0 aromatic heterocycles. The molecule has 0 aromatic rings. The zero-order valence-corrected chi connectivity index (χ0v) is 14.6. The molecule has 2 aliphatic rings. The molecule has 1 saturated carbocycles. The molecule has 3 nitrogen and oxygen atoms in total. The lowest BCUT2D eigenvalue weighted by atomic mass is 9.75. The van der Waals surface area contributed by atoms with Crippen LogP contribution in [0.25, 0.3) is 0 Å². The predicted molar refractivity (Wildman–Crippen MR) is 88.0 cm³/mol. The van der Waals surface area contributed by atoms with Crippen molar-refractivity contribution in [2.45, 2.75) is 71.9 Å². The van der Waals surface area contributed by atoms with Crippen LogP contribution in [0.15, 0.2) is 0 Å². The molecule has 1 aliphatic carbocycles. The van der Waals surface area contributed by atoms with E-state index in [1.165, 1.54) is 25.7 Å². The zero-order chi connectivity index (χ0) is 15.7. The lowest BCUT2D eigenvalue weighted by Gasteiger charge is -2.42. The molecule has 0 aromatic carbocycles. The average Bonchev–Trinajstić information content (AvgIpc) is 3.21. The number of nitrogens with zero attached hydrogens (tertiary/aromatic N) is 2. The predicted octanol–water partition coefficient (Wildman–Crippen LogP) is 3.41. The van der Waals surface area contributed by atoms with E-state index in [1.807, 2.05) is 0 Å². The van der Waals surface area contributed by atoms with E-state index in [0.29, 0.717) is 17.4 Å². The Labute approximate surface area is 131 Å². The van der Waals surface area contributed by atoms with Gasteiger partial charge in [0.25, 0.3) is 0 Å². The molecule has 1 aliphatic heterocycles. The Bertz CT molecular complexity index is 378. The number of hydrogen-bond acceptors (Lipinski definition) is 3. The van der Waals surface area contributed by atoms with Gasteiger partial charge in [-0.25, -0.2) is 0 Å². The van der Waals surface area contributed by atoms with Gasteiger partial charge in [0, 0.05) is 12.6 Å². The van der Waals surface area contributed by atoms with Crippen molar-refractivity contribution in [1.29, 1.82) is 5.26 Å². The Morgan fingerprint density at radius 1 is 1.10 bits per heavy atom. The normalized spacial score (nSPS) is 24.8. The third-order valence-electron chi connectivity index (χ3n) is 5.31. The summed E-state index contributed by atoms with van der Waals surface area (Å²) in [4.78, 5) is 2.53. The summed E-state index contributed by atoms with van der Waals surface area (Å²) >= 11 is 0. The first-order chi connectivity index (χ1) is 9.77. The summed E-state index contributed by atoms with van der Waals surface area (Å²) in [5.74, 6) is 1.38. The maximum Gasteiger partial charge on any atom is 0.122 e. The van der Waals surface area contributed by atoms with E-state index >= 15 is 0 Å². The van der Waals surface area contributed by atoms with Gasteiger partial charge in [-0.05, 0) is 69.9 Å². The van der Waals surface area contributed by atoms with E-state index in [1.54, 1.807) is 0 Å². The van der Waals surface area contributed by atoms with Gasteiger partial charge in [-0.15, -0.1) is 0 Å². The lowest BCUT2D eigenvalue weighted by Crippen LogP contribution is -2.57. The molecular weight excluding hydrogens is 258 g/mol. The first kappa shape index (κ1) is 16.8. The summed E-state index contributed by atoms with van der Waals surface area (Å²) in [6, 6.07) is 3.02. The topological polar surface area (TPSA) is 39.1 Å². The van der Waals surface area contributed by atoms with Crippen molar-refractivity contribution < 1.29 is 0 Å². The number of nitrogens with one attached hydrogen (secondary N) is 1. The molecule has 1 unspecified atom stereocenters. The van der Waals surface area contributed by atoms with Crippen molar-refractivity contribution in [3.63, 3.8) is 0 Å². The first-order valence-corrected chi connectivity index (χ1v) is 8.68. The second-order valence-electron chi connectivity index (χ2n) is 8.57. The fourth-order valence-corrected chi connectivity index (χ4v) is 3.85. The highest BCUT2D eigenvalue weighted by atomic mass is 15.2. The van der Waals surface area contributed by atoms with Crippen LogP contribution in [-0.4, -0.2) is 36.1 Å². The molecule has 0 bridgehead atoms. The highest BCUT2D eigenvalue weighted by Gasteiger charge is 2.47. The number of piperidine rings is 1. The highest BCUT2D eigenvalue weighted by Crippen LogP contribution is 2.41. The van der Waals surface area contributed by atoms with Crippen LogP contribution < -0.4 is 5.32 Å². The van der Waals surface area contributed by atoms with Gasteiger partial charge in [0.1, 0.15) is 5.54 Å². The van der Waals surface area contributed by atoms with Crippen LogP contribution in [0.1, 0.15) is 60.3 Å². The van der Waals surface area contributed by atoms with Crippen LogP contribution in [0, 0.1) is 28.6 Å². The average molecular weight is 291 g/mol. The van der Waals surface area contributed by atoms with Gasteiger partial charge >= 0.3 is 0 Å². The molecular formula is C18H33N3. The highest BCUT2D eigenvalue weighted by molar-refractivity contribution is 5.17. The van der Waals surface area contributed by atoms with Crippen LogP contribution in [0.2, 0.25) is 0 Å². The van der Waals surface area contributed by atoms with E-state index in [2.05, 4.69) is 50.9 Å². The maximum atomic E-state index is 9.81.